The summed E-state index contributed by atoms with van der Waals surface area (Å²) in [5.41, 5.74) is 8.56. The Morgan fingerprint density at radius 1 is 1.26 bits per heavy atom. The summed E-state index contributed by atoms with van der Waals surface area (Å²) in [5, 5.41) is 0. The molecule has 1 fully saturated rings. The highest BCUT2D eigenvalue weighted by atomic mass is 19.1. The fourth-order valence-electron chi connectivity index (χ4n) is 2.89. The Labute approximate surface area is 136 Å². The van der Waals surface area contributed by atoms with E-state index in [0.29, 0.717) is 0 Å². The maximum absolute atomic E-state index is 13.7. The molecule has 0 bridgehead atoms. The second-order valence-corrected chi connectivity index (χ2v) is 6.45. The molecule has 0 aliphatic carbocycles. The monoisotopic (exact) mass is 314 g/mol. The largest absolute Gasteiger partial charge is 0.368 e. The quantitative estimate of drug-likeness (QED) is 0.944. The van der Waals surface area contributed by atoms with Crippen LogP contribution in [0.1, 0.15) is 38.4 Å². The molecule has 0 atom stereocenters. The molecule has 1 aliphatic rings. The third-order valence-corrected chi connectivity index (χ3v) is 4.28. The van der Waals surface area contributed by atoms with Gasteiger partial charge in [-0.2, -0.15) is 0 Å². The minimum Gasteiger partial charge on any atom is -0.368 e. The zero-order valence-electron chi connectivity index (χ0n) is 13.7. The van der Waals surface area contributed by atoms with Crippen LogP contribution in [-0.2, 0) is 0 Å². The molecule has 5 heteroatoms. The van der Waals surface area contributed by atoms with Crippen LogP contribution in [0.2, 0.25) is 0 Å². The van der Waals surface area contributed by atoms with Crippen molar-refractivity contribution in [3.8, 4) is 11.3 Å². The molecule has 1 aromatic heterocycles. The highest BCUT2D eigenvalue weighted by Gasteiger charge is 2.21. The Kier molecular flexibility index (Phi) is 4.57. The van der Waals surface area contributed by atoms with E-state index in [9.17, 15) is 4.39 Å². The number of nitrogens with two attached hydrogens (primary N) is 1. The van der Waals surface area contributed by atoms with Gasteiger partial charge in [0.1, 0.15) is 11.6 Å². The first-order valence-corrected chi connectivity index (χ1v) is 8.18. The minimum absolute atomic E-state index is 0.228. The molecule has 0 amide bonds. The molecule has 0 saturated carbocycles. The van der Waals surface area contributed by atoms with Gasteiger partial charge in [-0.15, -0.1) is 0 Å². The third-order valence-electron chi connectivity index (χ3n) is 4.28. The maximum atomic E-state index is 13.7. The Morgan fingerprint density at radius 3 is 2.65 bits per heavy atom. The number of rotatable bonds is 3. The van der Waals surface area contributed by atoms with Gasteiger partial charge in [0.05, 0.1) is 17.6 Å². The van der Waals surface area contributed by atoms with Crippen LogP contribution in [0.25, 0.3) is 11.3 Å². The Hall–Kier alpha value is -2.01. The van der Waals surface area contributed by atoms with E-state index in [2.05, 4.69) is 23.7 Å². The van der Waals surface area contributed by atoms with Gasteiger partial charge in [0.2, 0.25) is 0 Å². The van der Waals surface area contributed by atoms with E-state index >= 15 is 0 Å². The molecule has 1 aliphatic heterocycles. The number of halogens is 1. The lowest BCUT2D eigenvalue weighted by Crippen LogP contribution is -2.40. The number of benzene rings is 1. The van der Waals surface area contributed by atoms with Gasteiger partial charge in [0.25, 0.3) is 0 Å². The number of piperidine rings is 1. The molecule has 1 saturated heterocycles. The van der Waals surface area contributed by atoms with E-state index in [-0.39, 0.29) is 17.8 Å². The molecular weight excluding hydrogens is 291 g/mol. The molecule has 122 valence electrons. The van der Waals surface area contributed by atoms with Crippen molar-refractivity contribution in [3.05, 3.63) is 42.1 Å². The van der Waals surface area contributed by atoms with Crippen LogP contribution >= 0.6 is 0 Å². The highest BCUT2D eigenvalue weighted by molar-refractivity contribution is 5.74. The topological polar surface area (TPSA) is 55.0 Å². The fourth-order valence-corrected chi connectivity index (χ4v) is 2.89. The molecule has 4 nitrogen and oxygen atoms in total. The van der Waals surface area contributed by atoms with Gasteiger partial charge in [-0.3, -0.25) is 0 Å². The fraction of sp³-hybridized carbons (Fsp3) is 0.444. The normalized spacial score (nSPS) is 16.1. The predicted molar refractivity (Wildman–Crippen MR) is 90.9 cm³/mol. The lowest BCUT2D eigenvalue weighted by Gasteiger charge is -2.33. The van der Waals surface area contributed by atoms with Gasteiger partial charge in [-0.1, -0.05) is 26.0 Å². The third kappa shape index (κ3) is 3.50. The summed E-state index contributed by atoms with van der Waals surface area (Å²) in [7, 11) is 0. The van der Waals surface area contributed by atoms with Crippen LogP contribution in [0.15, 0.2) is 30.5 Å². The first kappa shape index (κ1) is 15.9. The van der Waals surface area contributed by atoms with Crippen LogP contribution in [0, 0.1) is 5.82 Å². The summed E-state index contributed by atoms with van der Waals surface area (Å²) in [5.74, 6) is 0.756. The molecule has 23 heavy (non-hydrogen) atoms. The summed E-state index contributed by atoms with van der Waals surface area (Å²) >= 11 is 0. The van der Waals surface area contributed by atoms with Crippen molar-refractivity contribution in [2.45, 2.75) is 38.6 Å². The van der Waals surface area contributed by atoms with E-state index in [1.165, 1.54) is 12.1 Å². The smallest absolute Gasteiger partial charge is 0.131 e. The Balaban J connectivity index is 2.04. The van der Waals surface area contributed by atoms with E-state index in [1.54, 1.807) is 6.07 Å². The van der Waals surface area contributed by atoms with Gasteiger partial charge in [-0.25, -0.2) is 14.4 Å². The summed E-state index contributed by atoms with van der Waals surface area (Å²) in [6.07, 6.45) is 3.78. The molecular formula is C18H23FN4. The van der Waals surface area contributed by atoms with Crippen molar-refractivity contribution in [1.29, 1.82) is 0 Å². The Morgan fingerprint density at radius 2 is 2.00 bits per heavy atom. The zero-order chi connectivity index (χ0) is 16.4. The molecule has 2 heterocycles. The van der Waals surface area contributed by atoms with Crippen molar-refractivity contribution < 1.29 is 4.39 Å². The molecule has 0 unspecified atom stereocenters. The summed E-state index contributed by atoms with van der Waals surface area (Å²) < 4.78 is 13.7. The van der Waals surface area contributed by atoms with Crippen LogP contribution < -0.4 is 10.6 Å². The first-order chi connectivity index (χ1) is 11.0. The number of nitrogens with zero attached hydrogens (tertiary/aromatic N) is 3. The number of hydrogen-bond donors (Lipinski definition) is 1. The molecule has 0 radical (unpaired) electrons. The van der Waals surface area contributed by atoms with Gasteiger partial charge in [0.15, 0.2) is 0 Å². The summed E-state index contributed by atoms with van der Waals surface area (Å²) in [6.45, 7) is 5.89. The summed E-state index contributed by atoms with van der Waals surface area (Å²) in [6, 6.07) is 6.87. The van der Waals surface area contributed by atoms with Gasteiger partial charge in [0, 0.05) is 30.6 Å². The van der Waals surface area contributed by atoms with Crippen molar-refractivity contribution in [3.63, 3.8) is 0 Å². The zero-order valence-corrected chi connectivity index (χ0v) is 13.7. The molecule has 2 aromatic rings. The van der Waals surface area contributed by atoms with Gasteiger partial charge >= 0.3 is 0 Å². The van der Waals surface area contributed by atoms with Crippen LogP contribution in [-0.4, -0.2) is 29.1 Å². The number of aromatic nitrogens is 2. The molecule has 2 N–H and O–H groups in total. The second kappa shape index (κ2) is 6.62. The SMILES string of the molecule is CC(C)c1ncc(N2CCC(N)CC2)c(-c2cccc(F)c2)n1. The molecule has 1 aromatic carbocycles. The first-order valence-electron chi connectivity index (χ1n) is 8.18. The number of anilines is 1. The Bertz CT molecular complexity index is 678. The van der Waals surface area contributed by atoms with E-state index < -0.39 is 0 Å². The highest BCUT2D eigenvalue weighted by Crippen LogP contribution is 2.31. The van der Waals surface area contributed by atoms with Crippen LogP contribution in [0.5, 0.6) is 0 Å². The van der Waals surface area contributed by atoms with Gasteiger partial charge < -0.3 is 10.6 Å². The summed E-state index contributed by atoms with van der Waals surface area (Å²) in [4.78, 5) is 11.5. The van der Waals surface area contributed by atoms with Crippen molar-refractivity contribution >= 4 is 5.69 Å². The van der Waals surface area contributed by atoms with Gasteiger partial charge in [-0.05, 0) is 25.0 Å². The lowest BCUT2D eigenvalue weighted by atomic mass is 10.0. The standard InChI is InChI=1S/C18H23FN4/c1-12(2)18-21-11-16(23-8-6-15(20)7-9-23)17(22-18)13-4-3-5-14(19)10-13/h3-5,10-12,15H,6-9,20H2,1-2H3. The van der Waals surface area contributed by atoms with Crippen LogP contribution in [0.3, 0.4) is 0 Å². The average molecular weight is 314 g/mol. The lowest BCUT2D eigenvalue weighted by molar-refractivity contribution is 0.500. The molecule has 3 rings (SSSR count). The van der Waals surface area contributed by atoms with Crippen molar-refractivity contribution in [1.82, 2.24) is 9.97 Å². The molecule has 0 spiro atoms. The van der Waals surface area contributed by atoms with E-state index in [1.807, 2.05) is 12.3 Å². The average Bonchev–Trinajstić information content (AvgIpc) is 2.55. The predicted octanol–water partition coefficient (Wildman–Crippen LogP) is 3.33. The second-order valence-electron chi connectivity index (χ2n) is 6.45. The van der Waals surface area contributed by atoms with E-state index in [4.69, 9.17) is 10.7 Å². The van der Waals surface area contributed by atoms with Crippen LogP contribution in [0.4, 0.5) is 10.1 Å². The minimum atomic E-state index is -0.251. The number of hydrogen-bond acceptors (Lipinski definition) is 4. The maximum Gasteiger partial charge on any atom is 0.131 e. The van der Waals surface area contributed by atoms with Crippen molar-refractivity contribution in [2.75, 3.05) is 18.0 Å². The van der Waals surface area contributed by atoms with Crippen molar-refractivity contribution in [2.24, 2.45) is 5.73 Å². The van der Waals surface area contributed by atoms with E-state index in [0.717, 1.165) is 48.7 Å².